The van der Waals surface area contributed by atoms with E-state index in [4.69, 9.17) is 9.16 Å². The van der Waals surface area contributed by atoms with E-state index in [1.54, 1.807) is 24.3 Å². The van der Waals surface area contributed by atoms with Crippen LogP contribution in [0.15, 0.2) is 42.6 Å². The minimum atomic E-state index is -1.84. The van der Waals surface area contributed by atoms with Crippen molar-refractivity contribution in [2.75, 3.05) is 11.9 Å². The van der Waals surface area contributed by atoms with Gasteiger partial charge in [-0.15, -0.1) is 0 Å². The molecular formula is C22H28N2O6Si. The largest absolute Gasteiger partial charge is 0.477 e. The summed E-state index contributed by atoms with van der Waals surface area (Å²) < 4.78 is 11.0. The van der Waals surface area contributed by atoms with Crippen molar-refractivity contribution in [1.82, 2.24) is 4.90 Å². The lowest BCUT2D eigenvalue weighted by Crippen LogP contribution is -2.63. The van der Waals surface area contributed by atoms with Crippen LogP contribution in [-0.2, 0) is 18.8 Å². The molecule has 1 aromatic carbocycles. The van der Waals surface area contributed by atoms with Crippen LogP contribution in [0.2, 0.25) is 19.6 Å². The van der Waals surface area contributed by atoms with Crippen molar-refractivity contribution in [3.8, 4) is 0 Å². The van der Waals surface area contributed by atoms with Crippen LogP contribution in [0.1, 0.15) is 18.9 Å². The summed E-state index contributed by atoms with van der Waals surface area (Å²) in [5, 5.41) is 12.4. The summed E-state index contributed by atoms with van der Waals surface area (Å²) in [7, 11) is -1.84. The Morgan fingerprint density at radius 3 is 2.52 bits per heavy atom. The Kier molecular flexibility index (Phi) is 6.37. The van der Waals surface area contributed by atoms with Gasteiger partial charge in [-0.05, 0) is 56.3 Å². The highest BCUT2D eigenvalue weighted by Crippen LogP contribution is 2.47. The summed E-state index contributed by atoms with van der Waals surface area (Å²) in [6.45, 7) is 11.7. The maximum absolute atomic E-state index is 12.8. The molecule has 0 aliphatic carbocycles. The molecule has 3 atom stereocenters. The van der Waals surface area contributed by atoms with Gasteiger partial charge in [0, 0.05) is 5.69 Å². The summed E-state index contributed by atoms with van der Waals surface area (Å²) in [6.07, 6.45) is 1.05. The average molecular weight is 445 g/mol. The summed E-state index contributed by atoms with van der Waals surface area (Å²) in [4.78, 5) is 37.9. The van der Waals surface area contributed by atoms with Crippen molar-refractivity contribution in [3.63, 3.8) is 0 Å². The molecule has 2 aliphatic rings. The Bertz CT molecular complexity index is 934. The third kappa shape index (κ3) is 4.72. The van der Waals surface area contributed by atoms with Crippen LogP contribution >= 0.6 is 0 Å². The number of carbonyl (C=O) groups is 3. The molecule has 8 nitrogen and oxygen atoms in total. The van der Waals surface area contributed by atoms with Crippen LogP contribution in [0.25, 0.3) is 5.57 Å². The number of hydrogen-bond acceptors (Lipinski definition) is 5. The summed E-state index contributed by atoms with van der Waals surface area (Å²) in [5.74, 6) is -1.68. The number of amides is 2. The molecule has 9 heteroatoms. The van der Waals surface area contributed by atoms with Gasteiger partial charge in [-0.25, -0.2) is 9.59 Å². The molecule has 1 fully saturated rings. The van der Waals surface area contributed by atoms with Crippen LogP contribution < -0.4 is 5.32 Å². The summed E-state index contributed by atoms with van der Waals surface area (Å²) >= 11 is 0. The van der Waals surface area contributed by atoms with Gasteiger partial charge in [0.15, 0.2) is 8.32 Å². The number of nitrogens with one attached hydrogen (secondary N) is 1. The number of nitrogens with zero attached hydrogens (tertiary/aromatic N) is 1. The number of ether oxygens (including phenoxy) is 1. The first-order valence-electron chi connectivity index (χ1n) is 10.2. The van der Waals surface area contributed by atoms with Crippen LogP contribution in [-0.4, -0.2) is 55.0 Å². The van der Waals surface area contributed by atoms with Gasteiger partial charge in [-0.1, -0.05) is 24.8 Å². The number of fused-ring (bicyclic) bond motifs is 1. The number of aliphatic carboxylic acids is 1. The average Bonchev–Trinajstić information content (AvgIpc) is 3.01. The van der Waals surface area contributed by atoms with Gasteiger partial charge < -0.3 is 19.2 Å². The van der Waals surface area contributed by atoms with E-state index in [9.17, 15) is 19.5 Å². The molecule has 3 rings (SSSR count). The predicted octanol–water partition coefficient (Wildman–Crippen LogP) is 3.69. The molecule has 1 aromatic rings. The molecule has 0 spiro atoms. The molecule has 0 radical (unpaired) electrons. The van der Waals surface area contributed by atoms with Crippen LogP contribution in [0.5, 0.6) is 0 Å². The molecule has 31 heavy (non-hydrogen) atoms. The maximum Gasteiger partial charge on any atom is 0.411 e. The van der Waals surface area contributed by atoms with Gasteiger partial charge in [0.2, 0.25) is 5.91 Å². The van der Waals surface area contributed by atoms with E-state index in [0.717, 1.165) is 0 Å². The highest BCUT2D eigenvalue weighted by molar-refractivity contribution is 6.69. The lowest BCUT2D eigenvalue weighted by Gasteiger charge is -2.47. The van der Waals surface area contributed by atoms with Crippen LogP contribution in [0.3, 0.4) is 0 Å². The molecule has 1 saturated heterocycles. The number of carboxylic acid groups (broad SMARTS) is 1. The van der Waals surface area contributed by atoms with Crippen molar-refractivity contribution in [2.24, 2.45) is 5.92 Å². The molecular weight excluding hydrogens is 416 g/mol. The minimum absolute atomic E-state index is 0.0255. The topological polar surface area (TPSA) is 105 Å². The second-order valence-corrected chi connectivity index (χ2v) is 13.1. The molecule has 2 aliphatic heterocycles. The van der Waals surface area contributed by atoms with Gasteiger partial charge in [-0.3, -0.25) is 10.1 Å². The fourth-order valence-electron chi connectivity index (χ4n) is 4.19. The zero-order valence-electron chi connectivity index (χ0n) is 18.2. The molecule has 2 N–H and O–H groups in total. The fraction of sp³-hybridized carbons (Fsp3) is 0.409. The lowest BCUT2D eigenvalue weighted by molar-refractivity contribution is -0.160. The number of carbonyl (C=O) groups excluding carboxylic acids is 2. The number of anilines is 1. The standard InChI is InChI=1S/C22H28N2O6Si/c1-6-11-29-22(28)23-15-9-7-14(8-10-15)16-12-17-18(13(2)30-31(3,4)5)20(25)24(17)19(16)21(26)27/h6-10,13,17-18H,1,11-12H2,2-5H3,(H,23,28)(H,26,27)/t13-,17-,18-/m1/s1. The Labute approximate surface area is 182 Å². The smallest absolute Gasteiger partial charge is 0.411 e. The van der Waals surface area contributed by atoms with Crippen LogP contribution in [0.4, 0.5) is 10.5 Å². The van der Waals surface area contributed by atoms with Crippen molar-refractivity contribution in [1.29, 1.82) is 0 Å². The maximum atomic E-state index is 12.8. The second-order valence-electron chi connectivity index (χ2n) is 8.66. The van der Waals surface area contributed by atoms with Gasteiger partial charge >= 0.3 is 12.1 Å². The van der Waals surface area contributed by atoms with E-state index < -0.39 is 20.4 Å². The quantitative estimate of drug-likeness (QED) is 0.360. The Morgan fingerprint density at radius 1 is 1.32 bits per heavy atom. The van der Waals surface area contributed by atoms with Crippen molar-refractivity contribution >= 4 is 37.5 Å². The van der Waals surface area contributed by atoms with E-state index in [2.05, 4.69) is 31.5 Å². The first-order chi connectivity index (χ1) is 14.5. The SMILES string of the molecule is C=CCOC(=O)Nc1ccc(C2=C(C(=O)O)N3C(=O)[C@H]([C@@H](C)O[Si](C)(C)C)[C@H]3C2)cc1. The molecule has 0 aromatic heterocycles. The third-order valence-electron chi connectivity index (χ3n) is 5.27. The lowest BCUT2D eigenvalue weighted by atomic mass is 9.82. The molecule has 166 valence electrons. The Balaban J connectivity index is 1.79. The number of β-lactam (4-membered cyclic amide) rings is 1. The van der Waals surface area contributed by atoms with Gasteiger partial charge in [0.25, 0.3) is 0 Å². The first-order valence-corrected chi connectivity index (χ1v) is 13.6. The van der Waals surface area contributed by atoms with Crippen molar-refractivity contribution in [3.05, 3.63) is 48.2 Å². The minimum Gasteiger partial charge on any atom is -0.477 e. The van der Waals surface area contributed by atoms with Crippen molar-refractivity contribution in [2.45, 2.75) is 45.1 Å². The fourth-order valence-corrected chi connectivity index (χ4v) is 5.45. The molecule has 2 heterocycles. The summed E-state index contributed by atoms with van der Waals surface area (Å²) in [5.41, 5.74) is 1.84. The summed E-state index contributed by atoms with van der Waals surface area (Å²) in [6, 6.07) is 6.58. The highest BCUT2D eigenvalue weighted by Gasteiger charge is 2.57. The molecule has 0 bridgehead atoms. The number of hydrogen-bond donors (Lipinski definition) is 2. The van der Waals surface area contributed by atoms with Crippen LogP contribution in [0, 0.1) is 5.92 Å². The normalized spacial score (nSPS) is 21.3. The third-order valence-corrected chi connectivity index (χ3v) is 6.35. The van der Waals surface area contributed by atoms with E-state index in [0.29, 0.717) is 23.2 Å². The second kappa shape index (κ2) is 8.68. The number of benzene rings is 1. The monoisotopic (exact) mass is 444 g/mol. The first kappa shape index (κ1) is 22.8. The number of rotatable bonds is 8. The zero-order chi connectivity index (χ0) is 22.9. The zero-order valence-corrected chi connectivity index (χ0v) is 19.2. The Hall–Kier alpha value is -2.91. The molecule has 2 amide bonds. The van der Waals surface area contributed by atoms with Gasteiger partial charge in [0.1, 0.15) is 12.3 Å². The van der Waals surface area contributed by atoms with E-state index in [-0.39, 0.29) is 36.3 Å². The molecule has 0 saturated carbocycles. The van der Waals surface area contributed by atoms with Gasteiger partial charge in [-0.2, -0.15) is 0 Å². The van der Waals surface area contributed by atoms with E-state index in [1.807, 2.05) is 6.92 Å². The van der Waals surface area contributed by atoms with Crippen molar-refractivity contribution < 1.29 is 28.7 Å². The molecule has 0 unspecified atom stereocenters. The number of carboxylic acids is 1. The van der Waals surface area contributed by atoms with Gasteiger partial charge in [0.05, 0.1) is 18.1 Å². The predicted molar refractivity (Wildman–Crippen MR) is 119 cm³/mol. The van der Waals surface area contributed by atoms with E-state index >= 15 is 0 Å². The highest BCUT2D eigenvalue weighted by atomic mass is 28.4. The van der Waals surface area contributed by atoms with E-state index in [1.165, 1.54) is 11.0 Å². The Morgan fingerprint density at radius 2 is 1.97 bits per heavy atom.